The molecule has 0 amide bonds. The lowest BCUT2D eigenvalue weighted by molar-refractivity contribution is 0.602. The number of pyridine rings is 2. The molecule has 0 aliphatic rings. The summed E-state index contributed by atoms with van der Waals surface area (Å²) in [5.41, 5.74) is 2.70. The predicted molar refractivity (Wildman–Crippen MR) is 130 cm³/mol. The van der Waals surface area contributed by atoms with Crippen LogP contribution in [-0.4, -0.2) is 18.9 Å². The number of aryl methyl sites for hydroxylation is 1. The summed E-state index contributed by atoms with van der Waals surface area (Å²) in [5.74, 6) is 0.503. The van der Waals surface area contributed by atoms with Gasteiger partial charge < -0.3 is 4.57 Å². The molecule has 3 aromatic heterocycles. The number of hydrogen-bond donors (Lipinski definition) is 0. The molecule has 0 radical (unpaired) electrons. The van der Waals surface area contributed by atoms with Crippen molar-refractivity contribution in [1.82, 2.24) is 18.9 Å². The highest BCUT2D eigenvalue weighted by atomic mass is 35.5. The zero-order valence-electron chi connectivity index (χ0n) is 18.0. The van der Waals surface area contributed by atoms with Crippen LogP contribution in [0.1, 0.15) is 16.8 Å². The second kappa shape index (κ2) is 8.56. The Kier molecular flexibility index (Phi) is 5.44. The summed E-state index contributed by atoms with van der Waals surface area (Å²) >= 11 is 6.13. The largest absolute Gasteiger partial charge is 0.308 e. The molecule has 7 heteroatoms. The minimum atomic E-state index is -0.211. The monoisotopic (exact) mass is 456 g/mol. The zero-order valence-corrected chi connectivity index (χ0v) is 18.7. The zero-order chi connectivity index (χ0) is 22.9. The first-order valence-electron chi connectivity index (χ1n) is 10.6. The van der Waals surface area contributed by atoms with Crippen molar-refractivity contribution in [1.29, 1.82) is 0 Å². The van der Waals surface area contributed by atoms with Gasteiger partial charge in [0, 0.05) is 23.0 Å². The maximum atomic E-state index is 13.7. The van der Waals surface area contributed by atoms with Crippen LogP contribution in [0.5, 0.6) is 0 Å². The Bertz CT molecular complexity index is 1570. The van der Waals surface area contributed by atoms with Gasteiger partial charge in [0.1, 0.15) is 0 Å². The van der Waals surface area contributed by atoms with Gasteiger partial charge in [-0.25, -0.2) is 4.98 Å². The van der Waals surface area contributed by atoms with Gasteiger partial charge in [0.2, 0.25) is 0 Å². The Hall–Kier alpha value is -3.90. The Labute approximate surface area is 194 Å². The van der Waals surface area contributed by atoms with Crippen LogP contribution in [0.25, 0.3) is 16.7 Å². The first-order chi connectivity index (χ1) is 16.0. The average Bonchev–Trinajstić information content (AvgIpc) is 3.09. The van der Waals surface area contributed by atoms with E-state index in [1.807, 2.05) is 66.2 Å². The molecule has 0 spiro atoms. The van der Waals surface area contributed by atoms with Gasteiger partial charge >= 0.3 is 0 Å². The standard InChI is InChI=1S/C26H21ClN4O2/c1-18-25-22(15-24(32)29(18)16-20-10-7-11-21(27)14-20)30(17-19-8-3-2-4-9-19)31(26(25)33)23-12-5-6-13-28-23/h2-15H,16-17H2,1H3. The number of fused-ring (bicyclic) bond motifs is 1. The van der Waals surface area contributed by atoms with E-state index >= 15 is 0 Å². The van der Waals surface area contributed by atoms with Crippen molar-refractivity contribution in [2.45, 2.75) is 20.0 Å². The van der Waals surface area contributed by atoms with E-state index in [9.17, 15) is 9.59 Å². The van der Waals surface area contributed by atoms with Gasteiger partial charge in [-0.1, -0.05) is 60.1 Å². The fraction of sp³-hybridized carbons (Fsp3) is 0.115. The van der Waals surface area contributed by atoms with Crippen molar-refractivity contribution < 1.29 is 0 Å². The quantitative estimate of drug-likeness (QED) is 0.393. The summed E-state index contributed by atoms with van der Waals surface area (Å²) in [7, 11) is 0. The summed E-state index contributed by atoms with van der Waals surface area (Å²) in [6, 6.07) is 24.2. The van der Waals surface area contributed by atoms with Crippen molar-refractivity contribution in [3.05, 3.63) is 128 Å². The van der Waals surface area contributed by atoms with E-state index in [1.165, 1.54) is 6.07 Å². The fourth-order valence-corrected chi connectivity index (χ4v) is 4.39. The van der Waals surface area contributed by atoms with Gasteiger partial charge in [-0.05, 0) is 42.3 Å². The maximum absolute atomic E-state index is 13.7. The summed E-state index contributed by atoms with van der Waals surface area (Å²) < 4.78 is 4.99. The number of rotatable bonds is 5. The molecule has 5 rings (SSSR count). The highest BCUT2D eigenvalue weighted by Gasteiger charge is 2.20. The van der Waals surface area contributed by atoms with Gasteiger partial charge in [0.15, 0.2) is 5.82 Å². The van der Waals surface area contributed by atoms with E-state index in [0.29, 0.717) is 40.5 Å². The average molecular weight is 457 g/mol. The topological polar surface area (TPSA) is 61.8 Å². The second-order valence-electron chi connectivity index (χ2n) is 7.89. The van der Waals surface area contributed by atoms with Crippen molar-refractivity contribution in [3.8, 4) is 5.82 Å². The molecule has 0 saturated heterocycles. The van der Waals surface area contributed by atoms with Crippen LogP contribution in [0.2, 0.25) is 5.02 Å². The van der Waals surface area contributed by atoms with Crippen molar-refractivity contribution >= 4 is 22.5 Å². The predicted octanol–water partition coefficient (Wildman–Crippen LogP) is 4.41. The normalized spacial score (nSPS) is 11.2. The molecule has 0 aliphatic heterocycles. The number of aromatic nitrogens is 4. The summed E-state index contributed by atoms with van der Waals surface area (Å²) in [6.07, 6.45) is 1.65. The molecule has 164 valence electrons. The Balaban J connectivity index is 1.76. The molecule has 33 heavy (non-hydrogen) atoms. The number of benzene rings is 2. The lowest BCUT2D eigenvalue weighted by atomic mass is 10.2. The smallest absolute Gasteiger partial charge is 0.282 e. The third-order valence-corrected chi connectivity index (χ3v) is 5.98. The van der Waals surface area contributed by atoms with Gasteiger partial charge in [-0.2, -0.15) is 4.68 Å². The van der Waals surface area contributed by atoms with Crippen molar-refractivity contribution in [3.63, 3.8) is 0 Å². The van der Waals surface area contributed by atoms with Gasteiger partial charge in [-0.15, -0.1) is 0 Å². The molecule has 0 fully saturated rings. The van der Waals surface area contributed by atoms with Crippen LogP contribution in [0.15, 0.2) is 94.6 Å². The van der Waals surface area contributed by atoms with Crippen molar-refractivity contribution in [2.24, 2.45) is 0 Å². The van der Waals surface area contributed by atoms with Crippen LogP contribution in [0.3, 0.4) is 0 Å². The second-order valence-corrected chi connectivity index (χ2v) is 8.33. The van der Waals surface area contributed by atoms with E-state index in [4.69, 9.17) is 11.6 Å². The highest BCUT2D eigenvalue weighted by Crippen LogP contribution is 2.19. The number of halogens is 1. The third-order valence-electron chi connectivity index (χ3n) is 5.75. The number of nitrogens with zero attached hydrogens (tertiary/aromatic N) is 4. The third kappa shape index (κ3) is 3.90. The molecule has 0 aliphatic carbocycles. The molecule has 0 saturated carbocycles. The van der Waals surface area contributed by atoms with Crippen LogP contribution >= 0.6 is 11.6 Å². The molecular weight excluding hydrogens is 436 g/mol. The van der Waals surface area contributed by atoms with Crippen LogP contribution < -0.4 is 11.1 Å². The van der Waals surface area contributed by atoms with Gasteiger partial charge in [-0.3, -0.25) is 14.3 Å². The number of hydrogen-bond acceptors (Lipinski definition) is 3. The summed E-state index contributed by atoms with van der Waals surface area (Å²) in [5, 5.41) is 1.10. The van der Waals surface area contributed by atoms with Gasteiger partial charge in [0.25, 0.3) is 11.1 Å². The SMILES string of the molecule is Cc1c2c(=O)n(-c3ccccn3)n(Cc3ccccc3)c2cc(=O)n1Cc1cccc(Cl)c1. The van der Waals surface area contributed by atoms with Crippen LogP contribution in [0.4, 0.5) is 0 Å². The molecule has 0 N–H and O–H groups in total. The lowest BCUT2D eigenvalue weighted by Gasteiger charge is -2.13. The van der Waals surface area contributed by atoms with E-state index in [1.54, 1.807) is 33.6 Å². The first kappa shape index (κ1) is 21.0. The Morgan fingerprint density at radius 3 is 2.33 bits per heavy atom. The molecule has 0 atom stereocenters. The summed E-state index contributed by atoms with van der Waals surface area (Å²) in [4.78, 5) is 31.3. The molecular formula is C26H21ClN4O2. The Morgan fingerprint density at radius 2 is 1.61 bits per heavy atom. The Morgan fingerprint density at radius 1 is 0.848 bits per heavy atom. The molecule has 0 bridgehead atoms. The van der Waals surface area contributed by atoms with E-state index in [2.05, 4.69) is 4.98 Å². The molecule has 6 nitrogen and oxygen atoms in total. The minimum Gasteiger partial charge on any atom is -0.308 e. The minimum absolute atomic E-state index is 0.181. The highest BCUT2D eigenvalue weighted by molar-refractivity contribution is 6.30. The maximum Gasteiger partial charge on any atom is 0.282 e. The van der Waals surface area contributed by atoms with Gasteiger partial charge in [0.05, 0.1) is 24.0 Å². The van der Waals surface area contributed by atoms with E-state index in [-0.39, 0.29) is 11.1 Å². The lowest BCUT2D eigenvalue weighted by Crippen LogP contribution is -2.24. The molecule has 2 aromatic carbocycles. The molecule has 0 unspecified atom stereocenters. The van der Waals surface area contributed by atoms with E-state index < -0.39 is 0 Å². The molecule has 3 heterocycles. The summed E-state index contributed by atoms with van der Waals surface area (Å²) in [6.45, 7) is 2.56. The first-order valence-corrected chi connectivity index (χ1v) is 11.0. The van der Waals surface area contributed by atoms with Crippen LogP contribution in [-0.2, 0) is 13.1 Å². The fourth-order valence-electron chi connectivity index (χ4n) is 4.18. The van der Waals surface area contributed by atoms with Crippen LogP contribution in [0, 0.1) is 6.92 Å². The van der Waals surface area contributed by atoms with Crippen molar-refractivity contribution in [2.75, 3.05) is 0 Å². The van der Waals surface area contributed by atoms with E-state index in [0.717, 1.165) is 11.1 Å². The molecule has 5 aromatic rings.